The van der Waals surface area contributed by atoms with Gasteiger partial charge in [0, 0.05) is 64.1 Å². The van der Waals surface area contributed by atoms with E-state index in [1.807, 2.05) is 30.3 Å². The molecule has 0 fully saturated rings. The maximum atomic E-state index is 11.3. The molecule has 0 N–H and O–H groups in total. The molecule has 0 saturated carbocycles. The zero-order chi connectivity index (χ0) is 28.3. The number of para-hydroxylation sites is 3. The molecule has 0 bridgehead atoms. The van der Waals surface area contributed by atoms with E-state index in [0.29, 0.717) is 35.0 Å². The van der Waals surface area contributed by atoms with E-state index < -0.39 is 0 Å². The van der Waals surface area contributed by atoms with Crippen LogP contribution in [-0.4, -0.2) is 27.5 Å². The highest BCUT2D eigenvalue weighted by atomic mass is 16.1. The number of benzene rings is 3. The van der Waals surface area contributed by atoms with Gasteiger partial charge in [0.25, 0.3) is 0 Å². The summed E-state index contributed by atoms with van der Waals surface area (Å²) in [5.41, 5.74) is 6.72. The average Bonchev–Trinajstić information content (AvgIpc) is 3.07. The quantitative estimate of drug-likeness (QED) is 0.193. The number of pyridine rings is 3. The molecule has 0 amide bonds. The van der Waals surface area contributed by atoms with E-state index >= 15 is 0 Å². The number of hydrogen-bond donors (Lipinski definition) is 0. The van der Waals surface area contributed by atoms with Crippen molar-refractivity contribution in [3.63, 3.8) is 0 Å². The maximum Gasteiger partial charge on any atom is 0.169 e. The van der Waals surface area contributed by atoms with Gasteiger partial charge in [0.2, 0.25) is 0 Å². The van der Waals surface area contributed by atoms with Crippen molar-refractivity contribution in [2.75, 3.05) is 4.90 Å². The molecule has 0 aliphatic rings. The van der Waals surface area contributed by atoms with Crippen LogP contribution in [-0.2, 0) is 0 Å². The zero-order valence-corrected chi connectivity index (χ0v) is 22.1. The van der Waals surface area contributed by atoms with Crippen molar-refractivity contribution >= 4 is 29.6 Å². The van der Waals surface area contributed by atoms with E-state index in [1.165, 1.54) is 23.3 Å². The van der Waals surface area contributed by atoms with Gasteiger partial charge in [0.15, 0.2) is 12.6 Å². The smallest absolute Gasteiger partial charge is 0.169 e. The van der Waals surface area contributed by atoms with Crippen LogP contribution in [0.25, 0.3) is 22.4 Å². The van der Waals surface area contributed by atoms with Crippen LogP contribution in [0, 0.1) is 0 Å². The molecular formula is C35H26N4O2. The van der Waals surface area contributed by atoms with Gasteiger partial charge in [0.1, 0.15) is 5.69 Å². The Hall–Kier alpha value is -5.75. The number of carbonyl (C=O) groups is 2. The van der Waals surface area contributed by atoms with Gasteiger partial charge >= 0.3 is 0 Å². The van der Waals surface area contributed by atoms with Crippen molar-refractivity contribution < 1.29 is 9.59 Å². The standard InChI is InChI=1S/C18H15N.C17H11N3O2/c1-4-10-16(11-5-1)19(17-12-6-2-7-13-17)18-14-8-3-9-15-18;21-10-13-5-8-19-15(11-22)16(13)14-4-2-7-20-17(14)12-3-1-6-18-9-12/h1-15H;1-11H. The largest absolute Gasteiger partial charge is 0.311 e. The number of carbonyl (C=O) groups excluding carboxylic acids is 2. The predicted molar refractivity (Wildman–Crippen MR) is 163 cm³/mol. The highest BCUT2D eigenvalue weighted by Crippen LogP contribution is 2.34. The Morgan fingerprint density at radius 3 is 1.63 bits per heavy atom. The van der Waals surface area contributed by atoms with Crippen LogP contribution in [0.4, 0.5) is 17.1 Å². The Morgan fingerprint density at radius 2 is 1.12 bits per heavy atom. The Kier molecular flexibility index (Phi) is 8.74. The summed E-state index contributed by atoms with van der Waals surface area (Å²) in [6.45, 7) is 0. The van der Waals surface area contributed by atoms with Gasteiger partial charge < -0.3 is 4.90 Å². The molecule has 6 aromatic rings. The van der Waals surface area contributed by atoms with Crippen LogP contribution in [0.3, 0.4) is 0 Å². The van der Waals surface area contributed by atoms with E-state index in [9.17, 15) is 9.59 Å². The predicted octanol–water partition coefficient (Wildman–Crippen LogP) is 7.99. The van der Waals surface area contributed by atoms with E-state index in [1.54, 1.807) is 36.8 Å². The zero-order valence-electron chi connectivity index (χ0n) is 22.1. The second kappa shape index (κ2) is 13.4. The third-order valence-electron chi connectivity index (χ3n) is 6.31. The second-order valence-electron chi connectivity index (χ2n) is 8.88. The first kappa shape index (κ1) is 26.8. The lowest BCUT2D eigenvalue weighted by Crippen LogP contribution is -2.09. The Balaban J connectivity index is 0.000000166. The molecule has 3 heterocycles. The second-order valence-corrected chi connectivity index (χ2v) is 8.88. The summed E-state index contributed by atoms with van der Waals surface area (Å²) < 4.78 is 0. The minimum Gasteiger partial charge on any atom is -0.311 e. The maximum absolute atomic E-state index is 11.3. The highest BCUT2D eigenvalue weighted by Gasteiger charge is 2.16. The average molecular weight is 535 g/mol. The first-order chi connectivity index (χ1) is 20.3. The summed E-state index contributed by atoms with van der Waals surface area (Å²) in [4.78, 5) is 37.4. The first-order valence-electron chi connectivity index (χ1n) is 13.0. The van der Waals surface area contributed by atoms with Gasteiger partial charge in [-0.3, -0.25) is 24.5 Å². The van der Waals surface area contributed by atoms with Gasteiger partial charge in [-0.05, 0) is 60.7 Å². The van der Waals surface area contributed by atoms with Gasteiger partial charge in [-0.2, -0.15) is 0 Å². The van der Waals surface area contributed by atoms with Crippen LogP contribution in [0.15, 0.2) is 146 Å². The summed E-state index contributed by atoms with van der Waals surface area (Å²) in [5, 5.41) is 0. The fourth-order valence-corrected chi connectivity index (χ4v) is 4.49. The summed E-state index contributed by atoms with van der Waals surface area (Å²) in [5.74, 6) is 0. The van der Waals surface area contributed by atoms with E-state index in [0.717, 1.165) is 5.56 Å². The first-order valence-corrected chi connectivity index (χ1v) is 13.0. The molecule has 0 radical (unpaired) electrons. The lowest BCUT2D eigenvalue weighted by Gasteiger charge is -2.25. The topological polar surface area (TPSA) is 76.0 Å². The molecule has 3 aromatic heterocycles. The fourth-order valence-electron chi connectivity index (χ4n) is 4.49. The molecular weight excluding hydrogens is 508 g/mol. The molecule has 198 valence electrons. The summed E-state index contributed by atoms with van der Waals surface area (Å²) in [6.07, 6.45) is 7.81. The third kappa shape index (κ3) is 6.29. The summed E-state index contributed by atoms with van der Waals surface area (Å²) in [7, 11) is 0. The van der Waals surface area contributed by atoms with Crippen LogP contribution in [0.1, 0.15) is 20.8 Å². The van der Waals surface area contributed by atoms with Crippen LogP contribution >= 0.6 is 0 Å². The van der Waals surface area contributed by atoms with E-state index in [-0.39, 0.29) is 5.69 Å². The van der Waals surface area contributed by atoms with E-state index in [2.05, 4.69) is 92.6 Å². The Morgan fingerprint density at radius 1 is 0.537 bits per heavy atom. The van der Waals surface area contributed by atoms with Gasteiger partial charge in [0.05, 0.1) is 5.69 Å². The van der Waals surface area contributed by atoms with Crippen LogP contribution < -0.4 is 4.90 Å². The molecule has 6 nitrogen and oxygen atoms in total. The van der Waals surface area contributed by atoms with Crippen molar-refractivity contribution in [1.82, 2.24) is 15.0 Å². The molecule has 0 aliphatic carbocycles. The van der Waals surface area contributed by atoms with Gasteiger partial charge in [-0.25, -0.2) is 0 Å². The highest BCUT2D eigenvalue weighted by molar-refractivity contribution is 5.98. The summed E-state index contributed by atoms with van der Waals surface area (Å²) >= 11 is 0. The third-order valence-corrected chi connectivity index (χ3v) is 6.31. The molecule has 6 rings (SSSR count). The molecule has 0 spiro atoms. The molecule has 41 heavy (non-hydrogen) atoms. The lowest BCUT2D eigenvalue weighted by atomic mass is 9.95. The van der Waals surface area contributed by atoms with Crippen molar-refractivity contribution in [3.8, 4) is 22.4 Å². The molecule has 0 atom stereocenters. The Labute approximate surface area is 238 Å². The van der Waals surface area contributed by atoms with Crippen LogP contribution in [0.2, 0.25) is 0 Å². The van der Waals surface area contributed by atoms with Crippen molar-refractivity contribution in [2.45, 2.75) is 0 Å². The fraction of sp³-hybridized carbons (Fsp3) is 0. The van der Waals surface area contributed by atoms with Crippen LogP contribution in [0.5, 0.6) is 0 Å². The molecule has 0 aliphatic heterocycles. The molecule has 3 aromatic carbocycles. The Bertz CT molecular complexity index is 1590. The van der Waals surface area contributed by atoms with Crippen molar-refractivity contribution in [1.29, 1.82) is 0 Å². The number of aldehydes is 2. The lowest BCUT2D eigenvalue weighted by molar-refractivity contribution is 0.111. The van der Waals surface area contributed by atoms with Crippen molar-refractivity contribution in [3.05, 3.63) is 157 Å². The van der Waals surface area contributed by atoms with Gasteiger partial charge in [-0.1, -0.05) is 60.7 Å². The minimum atomic E-state index is 0.211. The number of rotatable bonds is 7. The SMILES string of the molecule is O=Cc1ccnc(C=O)c1-c1cccnc1-c1cccnc1.c1ccc(N(c2ccccc2)c2ccccc2)cc1. The number of aromatic nitrogens is 3. The van der Waals surface area contributed by atoms with E-state index in [4.69, 9.17) is 0 Å². The molecule has 0 unspecified atom stereocenters. The molecule has 0 saturated heterocycles. The number of hydrogen-bond acceptors (Lipinski definition) is 6. The monoisotopic (exact) mass is 534 g/mol. The van der Waals surface area contributed by atoms with Crippen molar-refractivity contribution in [2.24, 2.45) is 0 Å². The van der Waals surface area contributed by atoms with Gasteiger partial charge in [-0.15, -0.1) is 0 Å². The molecule has 6 heteroatoms. The normalized spacial score (nSPS) is 10.1. The number of anilines is 3. The minimum absolute atomic E-state index is 0.211. The number of nitrogens with zero attached hydrogens (tertiary/aromatic N) is 4. The summed E-state index contributed by atoms with van der Waals surface area (Å²) in [6, 6.07) is 40.1.